The van der Waals surface area contributed by atoms with Gasteiger partial charge in [-0.15, -0.1) is 0 Å². The van der Waals surface area contributed by atoms with Crippen LogP contribution in [-0.2, 0) is 4.74 Å². The summed E-state index contributed by atoms with van der Waals surface area (Å²) in [5, 5.41) is 3.60. The lowest BCUT2D eigenvalue weighted by molar-refractivity contribution is 0.181. The molecule has 1 fully saturated rings. The Morgan fingerprint density at radius 1 is 1.50 bits per heavy atom. The molecule has 0 spiro atoms. The van der Waals surface area contributed by atoms with Crippen LogP contribution in [0.25, 0.3) is 0 Å². The number of aryl methyl sites for hydroxylation is 1. The van der Waals surface area contributed by atoms with Crippen molar-refractivity contribution in [2.45, 2.75) is 58.0 Å². The highest BCUT2D eigenvalue weighted by Crippen LogP contribution is 2.24. The third-order valence-corrected chi connectivity index (χ3v) is 3.76. The van der Waals surface area contributed by atoms with Crippen molar-refractivity contribution in [2.24, 2.45) is 0 Å². The highest BCUT2D eigenvalue weighted by Gasteiger charge is 2.18. The van der Waals surface area contributed by atoms with Crippen molar-refractivity contribution in [1.29, 1.82) is 0 Å². The number of ether oxygens (including phenoxy) is 1. The molecule has 18 heavy (non-hydrogen) atoms. The molecule has 1 aliphatic rings. The van der Waals surface area contributed by atoms with E-state index in [1.165, 1.54) is 25.7 Å². The highest BCUT2D eigenvalue weighted by atomic mass is 16.5. The predicted molar refractivity (Wildman–Crippen MR) is 74.0 cm³/mol. The standard InChI is InChI=1S/C14H25N3O/c1-11-10-17(12(2)8-9-18-3)14(15-11)16-13-6-4-5-7-13/h10,12-13H,4-9H2,1-3H3,(H,15,16). The smallest absolute Gasteiger partial charge is 0.203 e. The number of hydrogen-bond donors (Lipinski definition) is 1. The molecule has 4 nitrogen and oxygen atoms in total. The fourth-order valence-electron chi connectivity index (χ4n) is 2.64. The number of nitrogens with zero attached hydrogens (tertiary/aromatic N) is 2. The summed E-state index contributed by atoms with van der Waals surface area (Å²) in [5.41, 5.74) is 1.08. The van der Waals surface area contributed by atoms with Crippen LogP contribution in [0, 0.1) is 6.92 Å². The fraction of sp³-hybridized carbons (Fsp3) is 0.786. The molecule has 0 amide bonds. The number of imidazole rings is 1. The Morgan fingerprint density at radius 2 is 2.22 bits per heavy atom. The van der Waals surface area contributed by atoms with Crippen LogP contribution in [0.4, 0.5) is 5.95 Å². The van der Waals surface area contributed by atoms with E-state index in [0.717, 1.165) is 24.7 Å². The second-order valence-electron chi connectivity index (χ2n) is 5.37. The van der Waals surface area contributed by atoms with Gasteiger partial charge in [-0.25, -0.2) is 4.98 Å². The fourth-order valence-corrected chi connectivity index (χ4v) is 2.64. The van der Waals surface area contributed by atoms with E-state index in [1.54, 1.807) is 7.11 Å². The molecule has 0 aliphatic heterocycles. The number of rotatable bonds is 6. The minimum atomic E-state index is 0.426. The second-order valence-corrected chi connectivity index (χ2v) is 5.37. The summed E-state index contributed by atoms with van der Waals surface area (Å²) in [6.45, 7) is 5.07. The van der Waals surface area contributed by atoms with Gasteiger partial charge in [-0.05, 0) is 33.1 Å². The number of methoxy groups -OCH3 is 1. The number of anilines is 1. The molecule has 1 unspecified atom stereocenters. The molecule has 1 aliphatic carbocycles. The van der Waals surface area contributed by atoms with E-state index in [-0.39, 0.29) is 0 Å². The average molecular weight is 251 g/mol. The number of hydrogen-bond acceptors (Lipinski definition) is 3. The van der Waals surface area contributed by atoms with Crippen LogP contribution in [0.5, 0.6) is 0 Å². The van der Waals surface area contributed by atoms with Gasteiger partial charge in [0.25, 0.3) is 0 Å². The van der Waals surface area contributed by atoms with Crippen molar-refractivity contribution in [3.63, 3.8) is 0 Å². The molecule has 0 radical (unpaired) electrons. The molecule has 1 N–H and O–H groups in total. The van der Waals surface area contributed by atoms with Gasteiger partial charge < -0.3 is 14.6 Å². The summed E-state index contributed by atoms with van der Waals surface area (Å²) in [6, 6.07) is 1.04. The molecule has 102 valence electrons. The molecule has 0 bridgehead atoms. The zero-order valence-corrected chi connectivity index (χ0v) is 11.8. The molecule has 0 aromatic carbocycles. The molecule has 0 saturated heterocycles. The Labute approximate surface area is 110 Å². The zero-order chi connectivity index (χ0) is 13.0. The first kappa shape index (κ1) is 13.4. The highest BCUT2D eigenvalue weighted by molar-refractivity contribution is 5.31. The summed E-state index contributed by atoms with van der Waals surface area (Å²) < 4.78 is 7.42. The quantitative estimate of drug-likeness (QED) is 0.844. The predicted octanol–water partition coefficient (Wildman–Crippen LogP) is 3.14. The summed E-state index contributed by atoms with van der Waals surface area (Å²) in [4.78, 5) is 4.61. The molecule has 1 saturated carbocycles. The lowest BCUT2D eigenvalue weighted by Crippen LogP contribution is -2.19. The average Bonchev–Trinajstić information content (AvgIpc) is 2.96. The van der Waals surface area contributed by atoms with Crippen LogP contribution < -0.4 is 5.32 Å². The molecular formula is C14H25N3O. The van der Waals surface area contributed by atoms with Gasteiger partial charge in [-0.1, -0.05) is 12.8 Å². The van der Waals surface area contributed by atoms with E-state index in [9.17, 15) is 0 Å². The summed E-state index contributed by atoms with van der Waals surface area (Å²) >= 11 is 0. The zero-order valence-electron chi connectivity index (χ0n) is 11.8. The van der Waals surface area contributed by atoms with Gasteiger partial charge >= 0.3 is 0 Å². The largest absolute Gasteiger partial charge is 0.385 e. The Bertz CT molecular complexity index is 369. The first-order chi connectivity index (χ1) is 8.70. The molecule has 2 rings (SSSR count). The van der Waals surface area contributed by atoms with E-state index in [4.69, 9.17) is 4.74 Å². The monoisotopic (exact) mass is 251 g/mol. The van der Waals surface area contributed by atoms with E-state index in [0.29, 0.717) is 12.1 Å². The van der Waals surface area contributed by atoms with Crippen molar-refractivity contribution in [2.75, 3.05) is 19.0 Å². The third-order valence-electron chi connectivity index (χ3n) is 3.76. The van der Waals surface area contributed by atoms with Crippen LogP contribution >= 0.6 is 0 Å². The Balaban J connectivity index is 2.03. The lowest BCUT2D eigenvalue weighted by Gasteiger charge is -2.19. The van der Waals surface area contributed by atoms with E-state index < -0.39 is 0 Å². The van der Waals surface area contributed by atoms with Gasteiger partial charge in [0.1, 0.15) is 0 Å². The lowest BCUT2D eigenvalue weighted by atomic mass is 10.2. The van der Waals surface area contributed by atoms with E-state index in [2.05, 4.69) is 34.9 Å². The van der Waals surface area contributed by atoms with Crippen molar-refractivity contribution < 1.29 is 4.74 Å². The Kier molecular flexibility index (Phi) is 4.64. The van der Waals surface area contributed by atoms with Gasteiger partial charge in [0.2, 0.25) is 5.95 Å². The van der Waals surface area contributed by atoms with Crippen LogP contribution in [0.15, 0.2) is 6.20 Å². The van der Waals surface area contributed by atoms with Gasteiger partial charge in [0.05, 0.1) is 5.69 Å². The molecule has 4 heteroatoms. The number of nitrogens with one attached hydrogen (secondary N) is 1. The van der Waals surface area contributed by atoms with Gasteiger partial charge in [0.15, 0.2) is 0 Å². The maximum absolute atomic E-state index is 5.16. The van der Waals surface area contributed by atoms with Gasteiger partial charge in [-0.2, -0.15) is 0 Å². The van der Waals surface area contributed by atoms with Crippen molar-refractivity contribution in [3.8, 4) is 0 Å². The Morgan fingerprint density at radius 3 is 2.89 bits per heavy atom. The second kappa shape index (κ2) is 6.23. The van der Waals surface area contributed by atoms with Crippen molar-refractivity contribution in [1.82, 2.24) is 9.55 Å². The first-order valence-corrected chi connectivity index (χ1v) is 7.01. The van der Waals surface area contributed by atoms with Crippen LogP contribution in [0.1, 0.15) is 50.8 Å². The van der Waals surface area contributed by atoms with Crippen molar-refractivity contribution >= 4 is 5.95 Å². The summed E-state index contributed by atoms with van der Waals surface area (Å²) in [7, 11) is 1.75. The van der Waals surface area contributed by atoms with Crippen LogP contribution in [0.3, 0.4) is 0 Å². The van der Waals surface area contributed by atoms with Gasteiger partial charge in [-0.3, -0.25) is 0 Å². The Hall–Kier alpha value is -1.03. The minimum Gasteiger partial charge on any atom is -0.385 e. The van der Waals surface area contributed by atoms with Crippen molar-refractivity contribution in [3.05, 3.63) is 11.9 Å². The molecule has 1 atom stereocenters. The number of aromatic nitrogens is 2. The molecular weight excluding hydrogens is 226 g/mol. The first-order valence-electron chi connectivity index (χ1n) is 7.01. The summed E-state index contributed by atoms with van der Waals surface area (Å²) in [6.07, 6.45) is 8.40. The topological polar surface area (TPSA) is 39.1 Å². The van der Waals surface area contributed by atoms with Crippen LogP contribution in [0.2, 0.25) is 0 Å². The van der Waals surface area contributed by atoms with Crippen LogP contribution in [-0.4, -0.2) is 29.3 Å². The summed E-state index contributed by atoms with van der Waals surface area (Å²) in [5.74, 6) is 1.03. The molecule has 1 heterocycles. The van der Waals surface area contributed by atoms with E-state index in [1.807, 2.05) is 0 Å². The van der Waals surface area contributed by atoms with Gasteiger partial charge in [0, 0.05) is 32.0 Å². The maximum atomic E-state index is 5.16. The van der Waals surface area contributed by atoms with E-state index >= 15 is 0 Å². The minimum absolute atomic E-state index is 0.426. The SMILES string of the molecule is COCCC(C)n1cc(C)nc1NC1CCCC1. The third kappa shape index (κ3) is 3.25. The molecule has 1 aromatic rings. The molecule has 1 aromatic heterocycles. The maximum Gasteiger partial charge on any atom is 0.203 e. The normalized spacial score (nSPS) is 18.2.